The van der Waals surface area contributed by atoms with Gasteiger partial charge in [-0.2, -0.15) is 0 Å². The molecule has 0 saturated carbocycles. The molecule has 1 saturated heterocycles. The van der Waals surface area contributed by atoms with Crippen molar-refractivity contribution in [1.29, 1.82) is 0 Å². The molecule has 19 heavy (non-hydrogen) atoms. The lowest BCUT2D eigenvalue weighted by molar-refractivity contribution is 0.0954. The summed E-state index contributed by atoms with van der Waals surface area (Å²) < 4.78 is 23.3. The van der Waals surface area contributed by atoms with Crippen LogP contribution >= 0.6 is 0 Å². The number of carbonyl (C=O) groups excluding carboxylic acids is 1. The summed E-state index contributed by atoms with van der Waals surface area (Å²) in [7, 11) is -1.32. The highest BCUT2D eigenvalue weighted by atomic mass is 32.2. The lowest BCUT2D eigenvalue weighted by Gasteiger charge is -2.12. The first kappa shape index (κ1) is 13.8. The Balaban J connectivity index is 2.02. The summed E-state index contributed by atoms with van der Waals surface area (Å²) in [5, 5.41) is 5.12. The lowest BCUT2D eigenvalue weighted by atomic mass is 10.2. The van der Waals surface area contributed by atoms with Crippen LogP contribution in [0, 0.1) is 0 Å². The molecule has 1 aromatic rings. The molecule has 2 N–H and O–H groups in total. The normalized spacial score (nSPS) is 21.0. The van der Waals surface area contributed by atoms with E-state index in [9.17, 15) is 13.2 Å². The number of sulfone groups is 1. The molecule has 1 amide bonds. The molecule has 1 aromatic heterocycles. The Morgan fingerprint density at radius 2 is 2.32 bits per heavy atom. The summed E-state index contributed by atoms with van der Waals surface area (Å²) in [5.41, 5.74) is 1.09. The van der Waals surface area contributed by atoms with Crippen LogP contribution in [0.5, 0.6) is 0 Å². The highest BCUT2D eigenvalue weighted by Crippen LogP contribution is 2.19. The topological polar surface area (TPSA) is 88.2 Å². The molecule has 104 valence electrons. The van der Waals surface area contributed by atoms with Gasteiger partial charge in [0.25, 0.3) is 5.91 Å². The number of rotatable bonds is 4. The third kappa shape index (κ3) is 3.04. The molecule has 1 unspecified atom stereocenters. The highest BCUT2D eigenvalue weighted by molar-refractivity contribution is 7.92. The van der Waals surface area contributed by atoms with Crippen molar-refractivity contribution in [3.05, 3.63) is 24.0 Å². The van der Waals surface area contributed by atoms with Gasteiger partial charge in [0.1, 0.15) is 0 Å². The molecule has 0 spiro atoms. The first-order valence-electron chi connectivity index (χ1n) is 6.16. The average molecular weight is 283 g/mol. The molecule has 7 heteroatoms. The van der Waals surface area contributed by atoms with Crippen LogP contribution in [0.25, 0.3) is 0 Å². The first-order chi connectivity index (χ1) is 9.04. The summed E-state index contributed by atoms with van der Waals surface area (Å²) in [4.78, 5) is 15.9. The van der Waals surface area contributed by atoms with Gasteiger partial charge in [0.05, 0.1) is 28.5 Å². The van der Waals surface area contributed by atoms with E-state index < -0.39 is 15.1 Å². The second-order valence-corrected chi connectivity index (χ2v) is 6.91. The number of hydrogen-bond donors (Lipinski definition) is 2. The van der Waals surface area contributed by atoms with Gasteiger partial charge in [0.2, 0.25) is 0 Å². The monoisotopic (exact) mass is 283 g/mol. The van der Waals surface area contributed by atoms with Crippen LogP contribution in [0.2, 0.25) is 0 Å². The number of amides is 1. The Labute approximate surface area is 112 Å². The minimum Gasteiger partial charge on any atom is -0.386 e. The number of nitrogens with one attached hydrogen (secondary N) is 2. The minimum absolute atomic E-state index is 0.173. The maximum absolute atomic E-state index is 12.0. The zero-order valence-corrected chi connectivity index (χ0v) is 11.5. The van der Waals surface area contributed by atoms with Gasteiger partial charge in [-0.25, -0.2) is 8.42 Å². The summed E-state index contributed by atoms with van der Waals surface area (Å²) in [6.07, 6.45) is 4.39. The van der Waals surface area contributed by atoms with Crippen molar-refractivity contribution >= 4 is 21.4 Å². The number of hydrogen-bond acceptors (Lipinski definition) is 5. The molecule has 6 nitrogen and oxygen atoms in total. The van der Waals surface area contributed by atoms with Crippen LogP contribution in [0.4, 0.5) is 5.69 Å². The average Bonchev–Trinajstić information content (AvgIpc) is 2.75. The van der Waals surface area contributed by atoms with E-state index in [0.29, 0.717) is 24.1 Å². The molecular weight excluding hydrogens is 266 g/mol. The van der Waals surface area contributed by atoms with Gasteiger partial charge in [0, 0.05) is 19.8 Å². The van der Waals surface area contributed by atoms with Gasteiger partial charge in [-0.3, -0.25) is 9.78 Å². The second kappa shape index (κ2) is 5.56. The molecule has 1 fully saturated rings. The van der Waals surface area contributed by atoms with Gasteiger partial charge < -0.3 is 10.6 Å². The van der Waals surface area contributed by atoms with E-state index >= 15 is 0 Å². The summed E-state index contributed by atoms with van der Waals surface area (Å²) in [6.45, 7) is 0.173. The first-order valence-corrected chi connectivity index (χ1v) is 7.87. The highest BCUT2D eigenvalue weighted by Gasteiger charge is 2.31. The zero-order chi connectivity index (χ0) is 13.9. The van der Waals surface area contributed by atoms with Crippen molar-refractivity contribution in [3.63, 3.8) is 0 Å². The number of pyridine rings is 1. The van der Waals surface area contributed by atoms with Crippen molar-refractivity contribution in [2.75, 3.05) is 24.7 Å². The van der Waals surface area contributed by atoms with Crippen LogP contribution < -0.4 is 10.6 Å². The quantitative estimate of drug-likeness (QED) is 0.836. The van der Waals surface area contributed by atoms with Crippen molar-refractivity contribution in [1.82, 2.24) is 10.3 Å². The Morgan fingerprint density at radius 1 is 1.53 bits per heavy atom. The van der Waals surface area contributed by atoms with E-state index in [4.69, 9.17) is 0 Å². The van der Waals surface area contributed by atoms with E-state index in [1.54, 1.807) is 19.3 Å². The number of anilines is 1. The fourth-order valence-electron chi connectivity index (χ4n) is 2.18. The molecule has 0 aliphatic carbocycles. The van der Waals surface area contributed by atoms with Crippen LogP contribution in [0.3, 0.4) is 0 Å². The van der Waals surface area contributed by atoms with E-state index in [1.807, 2.05) is 0 Å². The van der Waals surface area contributed by atoms with E-state index in [0.717, 1.165) is 0 Å². The lowest BCUT2D eigenvalue weighted by Crippen LogP contribution is -2.34. The third-order valence-electron chi connectivity index (χ3n) is 3.29. The Kier molecular flexibility index (Phi) is 4.04. The molecule has 0 radical (unpaired) electrons. The largest absolute Gasteiger partial charge is 0.386 e. The Hall–Kier alpha value is -1.63. The molecule has 0 bridgehead atoms. The molecule has 1 aliphatic heterocycles. The second-order valence-electron chi connectivity index (χ2n) is 4.51. The summed E-state index contributed by atoms with van der Waals surface area (Å²) in [6, 6.07) is 1.60. The Morgan fingerprint density at radius 3 is 2.95 bits per heavy atom. The summed E-state index contributed by atoms with van der Waals surface area (Å²) >= 11 is 0. The van der Waals surface area contributed by atoms with Crippen LogP contribution in [-0.4, -0.2) is 43.9 Å². The molecule has 2 heterocycles. The molecule has 1 atom stereocenters. The van der Waals surface area contributed by atoms with Gasteiger partial charge in [0.15, 0.2) is 9.84 Å². The number of carbonyl (C=O) groups is 1. The van der Waals surface area contributed by atoms with Crippen molar-refractivity contribution in [2.24, 2.45) is 0 Å². The predicted molar refractivity (Wildman–Crippen MR) is 72.9 cm³/mol. The van der Waals surface area contributed by atoms with Gasteiger partial charge in [-0.05, 0) is 18.9 Å². The SMILES string of the molecule is CNc1cnccc1C(=O)NCC1CCCS1(=O)=O. The maximum atomic E-state index is 12.0. The van der Waals surface area contributed by atoms with E-state index in [1.165, 1.54) is 6.20 Å². The van der Waals surface area contributed by atoms with Crippen LogP contribution in [-0.2, 0) is 9.84 Å². The summed E-state index contributed by atoms with van der Waals surface area (Å²) in [5.74, 6) is -0.0567. The van der Waals surface area contributed by atoms with Gasteiger partial charge in [-0.15, -0.1) is 0 Å². The smallest absolute Gasteiger partial charge is 0.253 e. The fourth-order valence-corrected chi connectivity index (χ4v) is 3.95. The van der Waals surface area contributed by atoms with E-state index in [-0.39, 0.29) is 18.2 Å². The standard InChI is InChI=1S/C12H17N3O3S/c1-13-11-8-14-5-4-10(11)12(16)15-7-9-3-2-6-19(9,17)18/h4-5,8-9,13H,2-3,6-7H2,1H3,(H,15,16). The molecule has 0 aromatic carbocycles. The molecule has 1 aliphatic rings. The number of aromatic nitrogens is 1. The zero-order valence-electron chi connectivity index (χ0n) is 10.7. The maximum Gasteiger partial charge on any atom is 0.253 e. The third-order valence-corrected chi connectivity index (χ3v) is 5.56. The number of nitrogens with zero attached hydrogens (tertiary/aromatic N) is 1. The molecule has 2 rings (SSSR count). The predicted octanol–water partition coefficient (Wildman–Crippen LogP) is 0.430. The van der Waals surface area contributed by atoms with Gasteiger partial charge >= 0.3 is 0 Å². The van der Waals surface area contributed by atoms with Crippen LogP contribution in [0.15, 0.2) is 18.5 Å². The van der Waals surface area contributed by atoms with Crippen LogP contribution in [0.1, 0.15) is 23.2 Å². The minimum atomic E-state index is -3.02. The van der Waals surface area contributed by atoms with Crippen molar-refractivity contribution < 1.29 is 13.2 Å². The van der Waals surface area contributed by atoms with E-state index in [2.05, 4.69) is 15.6 Å². The Bertz CT molecular complexity index is 571. The van der Waals surface area contributed by atoms with Crippen molar-refractivity contribution in [2.45, 2.75) is 18.1 Å². The fraction of sp³-hybridized carbons (Fsp3) is 0.500. The molecular formula is C12H17N3O3S. The van der Waals surface area contributed by atoms with Gasteiger partial charge in [-0.1, -0.05) is 0 Å². The van der Waals surface area contributed by atoms with Crippen molar-refractivity contribution in [3.8, 4) is 0 Å².